The van der Waals surface area contributed by atoms with E-state index in [1.807, 2.05) is 0 Å². The first-order chi connectivity index (χ1) is 11.8. The lowest BCUT2D eigenvalue weighted by molar-refractivity contribution is -0.120. The Hall–Kier alpha value is -1.47. The van der Waals surface area contributed by atoms with Gasteiger partial charge in [-0.15, -0.1) is 0 Å². The van der Waals surface area contributed by atoms with Gasteiger partial charge in [0.15, 0.2) is 0 Å². The van der Waals surface area contributed by atoms with Crippen LogP contribution in [0, 0.1) is 11.8 Å². The number of methoxy groups -OCH3 is 1. The third kappa shape index (κ3) is 4.03. The average molecular weight is 387 g/mol. The van der Waals surface area contributed by atoms with Crippen molar-refractivity contribution < 1.29 is 17.9 Å². The van der Waals surface area contributed by atoms with E-state index in [1.165, 1.54) is 26.0 Å². The van der Waals surface area contributed by atoms with Gasteiger partial charge in [-0.05, 0) is 49.3 Å². The van der Waals surface area contributed by atoms with Gasteiger partial charge in [0.05, 0.1) is 24.1 Å². The number of nitrogens with one attached hydrogen (secondary N) is 1. The minimum atomic E-state index is -3.62. The second-order valence-corrected chi connectivity index (χ2v) is 9.25. The fraction of sp³-hybridized carbons (Fsp3) is 0.588. The van der Waals surface area contributed by atoms with E-state index in [0.29, 0.717) is 28.3 Å². The van der Waals surface area contributed by atoms with Crippen LogP contribution in [0.2, 0.25) is 5.02 Å². The molecule has 1 N–H and O–H groups in total. The summed E-state index contributed by atoms with van der Waals surface area (Å²) >= 11 is 6.09. The summed E-state index contributed by atoms with van der Waals surface area (Å²) in [5.74, 6) is 1.41. The number of carbonyl (C=O) groups excluding carboxylic acids is 1. The molecule has 0 aromatic heterocycles. The second-order valence-electron chi connectivity index (χ2n) is 6.94. The van der Waals surface area contributed by atoms with E-state index < -0.39 is 10.0 Å². The standard InChI is InChI=1S/C17H23ClN2O4S/c1-24-16-6-5-13(9-14(16)18)20(25(2,22)23)10-17(21)19-15-8-11-3-4-12(15)7-11/h5-6,9,11-12,15H,3-4,7-8,10H2,1-2H3,(H,19,21). The molecule has 1 amide bonds. The van der Waals surface area contributed by atoms with E-state index in [0.717, 1.165) is 23.4 Å². The first kappa shape index (κ1) is 18.3. The zero-order chi connectivity index (χ0) is 18.2. The molecule has 2 bridgehead atoms. The van der Waals surface area contributed by atoms with Crippen molar-refractivity contribution >= 4 is 33.2 Å². The lowest BCUT2D eigenvalue weighted by Crippen LogP contribution is -2.45. The molecule has 3 rings (SSSR count). The fourth-order valence-corrected chi connectivity index (χ4v) is 5.12. The highest BCUT2D eigenvalue weighted by Gasteiger charge is 2.40. The number of benzene rings is 1. The minimum Gasteiger partial charge on any atom is -0.495 e. The number of sulfonamides is 1. The molecule has 3 atom stereocenters. The van der Waals surface area contributed by atoms with E-state index in [2.05, 4.69) is 5.32 Å². The van der Waals surface area contributed by atoms with E-state index >= 15 is 0 Å². The molecule has 8 heteroatoms. The molecule has 6 nitrogen and oxygen atoms in total. The molecular weight excluding hydrogens is 364 g/mol. The van der Waals surface area contributed by atoms with Gasteiger partial charge < -0.3 is 10.1 Å². The van der Waals surface area contributed by atoms with Crippen molar-refractivity contribution in [3.05, 3.63) is 23.2 Å². The van der Waals surface area contributed by atoms with Crippen molar-refractivity contribution in [3.63, 3.8) is 0 Å². The van der Waals surface area contributed by atoms with Crippen LogP contribution in [0.25, 0.3) is 0 Å². The molecule has 2 saturated carbocycles. The van der Waals surface area contributed by atoms with Crippen LogP contribution in [-0.2, 0) is 14.8 Å². The molecule has 1 aromatic rings. The number of hydrogen-bond donors (Lipinski definition) is 1. The summed E-state index contributed by atoms with van der Waals surface area (Å²) in [6, 6.07) is 4.83. The Balaban J connectivity index is 1.73. The second kappa shape index (κ2) is 7.03. The Kier molecular flexibility index (Phi) is 5.16. The van der Waals surface area contributed by atoms with Crippen molar-refractivity contribution in [2.75, 3.05) is 24.2 Å². The first-order valence-corrected chi connectivity index (χ1v) is 10.6. The van der Waals surface area contributed by atoms with Crippen LogP contribution in [0.3, 0.4) is 0 Å². The molecular formula is C17H23ClN2O4S. The van der Waals surface area contributed by atoms with Crippen molar-refractivity contribution in [3.8, 4) is 5.75 Å². The number of halogens is 1. The molecule has 2 aliphatic carbocycles. The summed E-state index contributed by atoms with van der Waals surface area (Å²) in [6.45, 7) is -0.255. The number of ether oxygens (including phenoxy) is 1. The van der Waals surface area contributed by atoms with Crippen molar-refractivity contribution in [2.24, 2.45) is 11.8 Å². The molecule has 2 fully saturated rings. The molecule has 2 aliphatic rings. The molecule has 1 aromatic carbocycles. The molecule has 0 aliphatic heterocycles. The SMILES string of the molecule is COc1ccc(N(CC(=O)NC2CC3CCC2C3)S(C)(=O)=O)cc1Cl. The van der Waals surface area contributed by atoms with Crippen LogP contribution in [0.4, 0.5) is 5.69 Å². The van der Waals surface area contributed by atoms with Crippen LogP contribution in [0.1, 0.15) is 25.7 Å². The highest BCUT2D eigenvalue weighted by Crippen LogP contribution is 2.44. The van der Waals surface area contributed by atoms with Gasteiger partial charge in [0.25, 0.3) is 0 Å². The summed E-state index contributed by atoms with van der Waals surface area (Å²) < 4.78 is 30.5. The molecule has 3 unspecified atom stereocenters. The maximum atomic E-state index is 12.4. The molecule has 0 radical (unpaired) electrons. The first-order valence-electron chi connectivity index (χ1n) is 8.38. The van der Waals surface area contributed by atoms with E-state index in [-0.39, 0.29) is 18.5 Å². The third-order valence-corrected chi connectivity index (χ3v) is 6.63. The molecule has 0 saturated heterocycles. The van der Waals surface area contributed by atoms with E-state index in [9.17, 15) is 13.2 Å². The highest BCUT2D eigenvalue weighted by atomic mass is 35.5. The summed E-state index contributed by atoms with van der Waals surface area (Å²) in [6.07, 6.45) is 5.66. The Morgan fingerprint density at radius 2 is 2.12 bits per heavy atom. The van der Waals surface area contributed by atoms with Gasteiger partial charge in [-0.3, -0.25) is 9.10 Å². The van der Waals surface area contributed by atoms with Gasteiger partial charge in [-0.1, -0.05) is 18.0 Å². The molecule has 0 heterocycles. The summed E-state index contributed by atoms with van der Waals surface area (Å²) in [7, 11) is -2.14. The minimum absolute atomic E-state index is 0.173. The quantitative estimate of drug-likeness (QED) is 0.814. The van der Waals surface area contributed by atoms with Crippen LogP contribution in [0.15, 0.2) is 18.2 Å². The van der Waals surface area contributed by atoms with Crippen LogP contribution in [0.5, 0.6) is 5.75 Å². The molecule has 138 valence electrons. The van der Waals surface area contributed by atoms with Crippen LogP contribution >= 0.6 is 11.6 Å². The van der Waals surface area contributed by atoms with Gasteiger partial charge in [-0.2, -0.15) is 0 Å². The van der Waals surface area contributed by atoms with Crippen LogP contribution < -0.4 is 14.4 Å². The van der Waals surface area contributed by atoms with Crippen LogP contribution in [-0.4, -0.2) is 40.3 Å². The number of rotatable bonds is 6. The van der Waals surface area contributed by atoms with Gasteiger partial charge in [-0.25, -0.2) is 8.42 Å². The average Bonchev–Trinajstić information content (AvgIpc) is 3.14. The van der Waals surface area contributed by atoms with Crippen molar-refractivity contribution in [1.29, 1.82) is 0 Å². The van der Waals surface area contributed by atoms with Gasteiger partial charge in [0.2, 0.25) is 15.9 Å². The van der Waals surface area contributed by atoms with Gasteiger partial charge in [0.1, 0.15) is 12.3 Å². The predicted molar refractivity (Wildman–Crippen MR) is 97.6 cm³/mol. The molecule has 0 spiro atoms. The zero-order valence-corrected chi connectivity index (χ0v) is 15.9. The number of fused-ring (bicyclic) bond motifs is 2. The number of carbonyl (C=O) groups is 1. The van der Waals surface area contributed by atoms with Gasteiger partial charge >= 0.3 is 0 Å². The normalized spacial score (nSPS) is 25.0. The third-order valence-electron chi connectivity index (χ3n) is 5.20. The number of anilines is 1. The molecule has 25 heavy (non-hydrogen) atoms. The topological polar surface area (TPSA) is 75.7 Å². The maximum absolute atomic E-state index is 12.4. The largest absolute Gasteiger partial charge is 0.495 e. The highest BCUT2D eigenvalue weighted by molar-refractivity contribution is 7.92. The summed E-state index contributed by atoms with van der Waals surface area (Å²) in [4.78, 5) is 12.4. The zero-order valence-electron chi connectivity index (χ0n) is 14.4. The lowest BCUT2D eigenvalue weighted by Gasteiger charge is -2.26. The summed E-state index contributed by atoms with van der Waals surface area (Å²) in [5.41, 5.74) is 0.344. The van der Waals surface area contributed by atoms with Crippen molar-refractivity contribution in [1.82, 2.24) is 5.32 Å². The Morgan fingerprint density at radius 1 is 1.36 bits per heavy atom. The number of amides is 1. The summed E-state index contributed by atoms with van der Waals surface area (Å²) in [5, 5.41) is 3.31. The predicted octanol–water partition coefficient (Wildman–Crippen LogP) is 2.42. The fourth-order valence-electron chi connectivity index (χ4n) is 4.01. The van der Waals surface area contributed by atoms with E-state index in [4.69, 9.17) is 16.3 Å². The van der Waals surface area contributed by atoms with E-state index in [1.54, 1.807) is 12.1 Å². The van der Waals surface area contributed by atoms with Gasteiger partial charge in [0, 0.05) is 6.04 Å². The number of nitrogens with zero attached hydrogens (tertiary/aromatic N) is 1. The monoisotopic (exact) mass is 386 g/mol. The smallest absolute Gasteiger partial charge is 0.241 e. The number of hydrogen-bond acceptors (Lipinski definition) is 4. The Labute approximate surface area is 153 Å². The Morgan fingerprint density at radius 3 is 2.64 bits per heavy atom. The van der Waals surface area contributed by atoms with Crippen molar-refractivity contribution in [2.45, 2.75) is 31.7 Å². The maximum Gasteiger partial charge on any atom is 0.241 e. The Bertz CT molecular complexity index is 768. The lowest BCUT2D eigenvalue weighted by atomic mass is 9.95.